The van der Waals surface area contributed by atoms with E-state index in [0.717, 1.165) is 17.9 Å². The number of furan rings is 1. The number of rotatable bonds is 5. The Morgan fingerprint density at radius 2 is 2.00 bits per heavy atom. The third-order valence-electron chi connectivity index (χ3n) is 3.04. The van der Waals surface area contributed by atoms with Gasteiger partial charge in [0.15, 0.2) is 0 Å². The first-order valence-electron chi connectivity index (χ1n) is 6.49. The van der Waals surface area contributed by atoms with Crippen LogP contribution in [0.5, 0.6) is 0 Å². The summed E-state index contributed by atoms with van der Waals surface area (Å²) in [6, 6.07) is 12.5. The van der Waals surface area contributed by atoms with Crippen molar-refractivity contribution < 1.29 is 8.81 Å². The molecule has 1 N–H and O–H groups in total. The van der Waals surface area contributed by atoms with E-state index in [9.17, 15) is 4.39 Å². The highest BCUT2D eigenvalue weighted by molar-refractivity contribution is 7.09. The van der Waals surface area contributed by atoms with Gasteiger partial charge < -0.3 is 9.73 Å². The summed E-state index contributed by atoms with van der Waals surface area (Å²) in [6.07, 6.45) is 0. The molecule has 0 unspecified atom stereocenters. The van der Waals surface area contributed by atoms with Crippen LogP contribution in [0.4, 0.5) is 4.39 Å². The van der Waals surface area contributed by atoms with Crippen molar-refractivity contribution in [2.24, 2.45) is 0 Å². The second-order valence-electron chi connectivity index (χ2n) is 4.58. The van der Waals surface area contributed by atoms with Gasteiger partial charge in [-0.15, -0.1) is 23.7 Å². The van der Waals surface area contributed by atoms with Crippen molar-refractivity contribution in [3.8, 4) is 11.3 Å². The van der Waals surface area contributed by atoms with Crippen LogP contribution in [0.1, 0.15) is 10.6 Å². The minimum atomic E-state index is -0.426. The van der Waals surface area contributed by atoms with Gasteiger partial charge in [0.1, 0.15) is 17.3 Å². The summed E-state index contributed by atoms with van der Waals surface area (Å²) in [6.45, 7) is 1.46. The molecule has 2 nitrogen and oxygen atoms in total. The Morgan fingerprint density at radius 1 is 1.14 bits per heavy atom. The molecule has 1 aromatic carbocycles. The molecular formula is C16H14Cl2FNOS. The highest BCUT2D eigenvalue weighted by Crippen LogP contribution is 2.26. The third kappa shape index (κ3) is 4.11. The van der Waals surface area contributed by atoms with Crippen LogP contribution in [-0.4, -0.2) is 0 Å². The molecule has 0 aliphatic heterocycles. The summed E-state index contributed by atoms with van der Waals surface area (Å²) in [5.41, 5.74) is 0.769. The van der Waals surface area contributed by atoms with Gasteiger partial charge in [-0.3, -0.25) is 0 Å². The summed E-state index contributed by atoms with van der Waals surface area (Å²) in [7, 11) is 0. The molecule has 116 valence electrons. The molecule has 0 saturated carbocycles. The van der Waals surface area contributed by atoms with Gasteiger partial charge in [0.25, 0.3) is 0 Å². The van der Waals surface area contributed by atoms with E-state index in [4.69, 9.17) is 16.0 Å². The van der Waals surface area contributed by atoms with E-state index in [1.54, 1.807) is 23.5 Å². The number of benzene rings is 1. The summed E-state index contributed by atoms with van der Waals surface area (Å²) >= 11 is 7.50. The maximum absolute atomic E-state index is 13.1. The molecule has 3 rings (SSSR count). The molecule has 0 fully saturated rings. The average molecular weight is 358 g/mol. The first-order valence-corrected chi connectivity index (χ1v) is 7.75. The van der Waals surface area contributed by atoms with Gasteiger partial charge >= 0.3 is 0 Å². The Balaban J connectivity index is 0.00000176. The van der Waals surface area contributed by atoms with E-state index < -0.39 is 5.82 Å². The molecule has 0 atom stereocenters. The molecule has 0 aliphatic carbocycles. The van der Waals surface area contributed by atoms with E-state index in [0.29, 0.717) is 12.3 Å². The largest absolute Gasteiger partial charge is 0.460 e. The molecule has 2 heterocycles. The van der Waals surface area contributed by atoms with Gasteiger partial charge in [-0.2, -0.15) is 0 Å². The summed E-state index contributed by atoms with van der Waals surface area (Å²) in [4.78, 5) is 1.28. The van der Waals surface area contributed by atoms with Crippen LogP contribution in [0.2, 0.25) is 5.02 Å². The monoisotopic (exact) mass is 357 g/mol. The first-order chi connectivity index (χ1) is 10.2. The fourth-order valence-corrected chi connectivity index (χ4v) is 2.85. The van der Waals surface area contributed by atoms with Crippen molar-refractivity contribution in [1.82, 2.24) is 5.32 Å². The quantitative estimate of drug-likeness (QED) is 0.650. The van der Waals surface area contributed by atoms with Gasteiger partial charge in [0, 0.05) is 17.0 Å². The Labute approximate surface area is 143 Å². The Kier molecular flexibility index (Phi) is 6.03. The van der Waals surface area contributed by atoms with Crippen LogP contribution < -0.4 is 5.32 Å². The molecule has 0 aliphatic rings. The number of halogens is 3. The van der Waals surface area contributed by atoms with Crippen LogP contribution in [-0.2, 0) is 13.1 Å². The third-order valence-corrected chi connectivity index (χ3v) is 4.21. The van der Waals surface area contributed by atoms with Crippen molar-refractivity contribution in [2.75, 3.05) is 0 Å². The zero-order valence-corrected chi connectivity index (χ0v) is 13.9. The normalized spacial score (nSPS) is 10.5. The predicted molar refractivity (Wildman–Crippen MR) is 91.2 cm³/mol. The molecule has 2 aromatic heterocycles. The Morgan fingerprint density at radius 3 is 2.73 bits per heavy atom. The van der Waals surface area contributed by atoms with E-state index in [1.165, 1.54) is 10.9 Å². The maximum atomic E-state index is 13.1. The molecule has 0 radical (unpaired) electrons. The lowest BCUT2D eigenvalue weighted by molar-refractivity contribution is 0.494. The molecular weight excluding hydrogens is 344 g/mol. The smallest absolute Gasteiger partial charge is 0.141 e. The predicted octanol–water partition coefficient (Wildman–Crippen LogP) is 5.51. The number of hydrogen-bond acceptors (Lipinski definition) is 3. The van der Waals surface area contributed by atoms with Crippen molar-refractivity contribution in [3.63, 3.8) is 0 Å². The second kappa shape index (κ2) is 7.79. The lowest BCUT2D eigenvalue weighted by Crippen LogP contribution is -2.10. The lowest BCUT2D eigenvalue weighted by atomic mass is 10.2. The van der Waals surface area contributed by atoms with E-state index in [2.05, 4.69) is 16.8 Å². The second-order valence-corrected chi connectivity index (χ2v) is 6.02. The van der Waals surface area contributed by atoms with Crippen LogP contribution in [0, 0.1) is 5.82 Å². The summed E-state index contributed by atoms with van der Waals surface area (Å²) in [5.74, 6) is 1.09. The molecule has 6 heteroatoms. The topological polar surface area (TPSA) is 25.2 Å². The molecule has 3 aromatic rings. The zero-order valence-electron chi connectivity index (χ0n) is 11.5. The van der Waals surface area contributed by atoms with Gasteiger partial charge in [0.2, 0.25) is 0 Å². The van der Waals surface area contributed by atoms with Gasteiger partial charge in [0.05, 0.1) is 11.6 Å². The summed E-state index contributed by atoms with van der Waals surface area (Å²) in [5, 5.41) is 5.47. The number of hydrogen-bond donors (Lipinski definition) is 1. The molecule has 22 heavy (non-hydrogen) atoms. The van der Waals surface area contributed by atoms with E-state index in [-0.39, 0.29) is 17.4 Å². The zero-order chi connectivity index (χ0) is 14.7. The Hall–Kier alpha value is -1.33. The van der Waals surface area contributed by atoms with Gasteiger partial charge in [-0.1, -0.05) is 17.7 Å². The van der Waals surface area contributed by atoms with Crippen LogP contribution in [0.3, 0.4) is 0 Å². The van der Waals surface area contributed by atoms with Gasteiger partial charge in [-0.05, 0) is 41.8 Å². The first kappa shape index (κ1) is 17.0. The van der Waals surface area contributed by atoms with Crippen molar-refractivity contribution in [2.45, 2.75) is 13.1 Å². The van der Waals surface area contributed by atoms with E-state index >= 15 is 0 Å². The van der Waals surface area contributed by atoms with Crippen molar-refractivity contribution in [1.29, 1.82) is 0 Å². The average Bonchev–Trinajstić information content (AvgIpc) is 3.13. The fraction of sp³-hybridized carbons (Fsp3) is 0.125. The fourth-order valence-electron chi connectivity index (χ4n) is 2.00. The standard InChI is InChI=1S/C16H13ClFNOS.ClH/c17-14-8-11(3-5-15(14)18)16-6-4-12(20-16)9-19-10-13-2-1-7-21-13;/h1-8,19H,9-10H2;1H. The highest BCUT2D eigenvalue weighted by Gasteiger charge is 2.07. The minimum absolute atomic E-state index is 0. The lowest BCUT2D eigenvalue weighted by Gasteiger charge is -2.01. The van der Waals surface area contributed by atoms with Crippen molar-refractivity contribution in [3.05, 3.63) is 69.3 Å². The molecule has 0 amide bonds. The Bertz CT molecular complexity index is 728. The van der Waals surface area contributed by atoms with Crippen LogP contribution in [0.25, 0.3) is 11.3 Å². The SMILES string of the molecule is Cl.Fc1ccc(-c2ccc(CNCc3cccs3)o2)cc1Cl. The number of thiophene rings is 1. The van der Waals surface area contributed by atoms with E-state index in [1.807, 2.05) is 18.2 Å². The number of nitrogens with one attached hydrogen (secondary N) is 1. The van der Waals surface area contributed by atoms with Crippen molar-refractivity contribution >= 4 is 35.3 Å². The van der Waals surface area contributed by atoms with Gasteiger partial charge in [-0.25, -0.2) is 4.39 Å². The van der Waals surface area contributed by atoms with Crippen LogP contribution >= 0.6 is 35.3 Å². The molecule has 0 spiro atoms. The van der Waals surface area contributed by atoms with Crippen LogP contribution in [0.15, 0.2) is 52.3 Å². The summed E-state index contributed by atoms with van der Waals surface area (Å²) < 4.78 is 18.9. The molecule has 0 saturated heterocycles. The molecule has 0 bridgehead atoms. The minimum Gasteiger partial charge on any atom is -0.460 e. The maximum Gasteiger partial charge on any atom is 0.141 e. The highest BCUT2D eigenvalue weighted by atomic mass is 35.5.